The van der Waals surface area contributed by atoms with Crippen molar-refractivity contribution in [3.63, 3.8) is 0 Å². The van der Waals surface area contributed by atoms with Crippen molar-refractivity contribution in [1.29, 1.82) is 5.26 Å². The van der Waals surface area contributed by atoms with Gasteiger partial charge in [-0.1, -0.05) is 18.2 Å². The maximum atomic E-state index is 14.2. The number of esters is 2. The normalized spacial score (nSPS) is 21.8. The van der Waals surface area contributed by atoms with Gasteiger partial charge in [0.2, 0.25) is 6.33 Å². The van der Waals surface area contributed by atoms with Crippen molar-refractivity contribution in [2.24, 2.45) is 7.05 Å². The second-order valence-corrected chi connectivity index (χ2v) is 15.7. The van der Waals surface area contributed by atoms with Crippen LogP contribution in [0.1, 0.15) is 54.1 Å². The number of H-pyrrole nitrogens is 1. The van der Waals surface area contributed by atoms with E-state index in [4.69, 9.17) is 37.8 Å². The van der Waals surface area contributed by atoms with Crippen molar-refractivity contribution in [2.45, 2.75) is 76.0 Å². The van der Waals surface area contributed by atoms with Crippen LogP contribution in [0.25, 0.3) is 0 Å². The van der Waals surface area contributed by atoms with Gasteiger partial charge >= 0.3 is 31.1 Å². The molecule has 0 radical (unpaired) electrons. The highest BCUT2D eigenvalue weighted by Gasteiger charge is 2.45. The number of aryl methyl sites for hydroxylation is 2. The Morgan fingerprint density at radius 3 is 2.47 bits per heavy atom. The molecule has 2 aliphatic heterocycles. The Morgan fingerprint density at radius 1 is 1.02 bits per heavy atom. The SMILES string of the molecule is Cc1cn([C@H]2C[C@H](OC(=O)CC(=O)OCCn3cc[n+](C)c3)[C@@H](COP(=O)(OCCC#N)O[C@H]3C[C@H](n4ccc(NC(=O)c5ccccc5)nc4=O)O[C@@H]3CO)O2)c(=O)[nH]c1=O. The Hall–Kier alpha value is -6.12. The summed E-state index contributed by atoms with van der Waals surface area (Å²) in [7, 11) is -2.90. The zero-order chi connectivity index (χ0) is 44.4. The summed E-state index contributed by atoms with van der Waals surface area (Å²) in [6, 6.07) is 11.5. The van der Waals surface area contributed by atoms with Crippen molar-refractivity contribution in [1.82, 2.24) is 23.7 Å². The molecule has 1 aromatic carbocycles. The van der Waals surface area contributed by atoms with Gasteiger partial charge in [0, 0.05) is 36.4 Å². The second kappa shape index (κ2) is 20.6. The Morgan fingerprint density at radius 2 is 1.76 bits per heavy atom. The van der Waals surface area contributed by atoms with Gasteiger partial charge in [-0.2, -0.15) is 10.2 Å². The first kappa shape index (κ1) is 45.4. The number of aliphatic hydroxyl groups excluding tert-OH is 1. The number of hydrogen-bond acceptors (Lipinski definition) is 17. The van der Waals surface area contributed by atoms with Gasteiger partial charge in [0.25, 0.3) is 11.5 Å². The molecule has 0 aliphatic carbocycles. The molecule has 2 aliphatic rings. The van der Waals surface area contributed by atoms with Crippen LogP contribution in [0, 0.1) is 18.3 Å². The van der Waals surface area contributed by atoms with E-state index in [0.29, 0.717) is 12.1 Å². The third-order valence-corrected chi connectivity index (χ3v) is 11.0. The van der Waals surface area contributed by atoms with E-state index in [-0.39, 0.29) is 37.3 Å². The average molecular weight is 884 g/mol. The highest BCUT2D eigenvalue weighted by Crippen LogP contribution is 2.53. The molecule has 7 atom stereocenters. The Balaban J connectivity index is 1.14. The molecular weight excluding hydrogens is 839 g/mol. The number of rotatable bonds is 19. The van der Waals surface area contributed by atoms with E-state index in [1.807, 2.05) is 13.1 Å². The average Bonchev–Trinajstić information content (AvgIpc) is 3.96. The number of nitrogens with zero attached hydrogens (tertiary/aromatic N) is 6. The number of benzene rings is 1. The lowest BCUT2D eigenvalue weighted by Crippen LogP contribution is -2.33. The molecule has 3 aromatic heterocycles. The van der Waals surface area contributed by atoms with E-state index in [1.54, 1.807) is 58.2 Å². The molecule has 0 saturated carbocycles. The molecule has 23 nitrogen and oxygen atoms in total. The van der Waals surface area contributed by atoms with E-state index >= 15 is 0 Å². The van der Waals surface area contributed by atoms with Gasteiger partial charge in [0.1, 0.15) is 74.7 Å². The van der Waals surface area contributed by atoms with Crippen LogP contribution in [-0.2, 0) is 60.3 Å². The van der Waals surface area contributed by atoms with Gasteiger partial charge in [-0.25, -0.2) is 23.3 Å². The molecule has 4 aromatic rings. The van der Waals surface area contributed by atoms with Crippen LogP contribution in [0.2, 0.25) is 0 Å². The molecule has 6 rings (SSSR count). The number of ether oxygens (including phenoxy) is 4. The molecule has 0 bridgehead atoms. The van der Waals surface area contributed by atoms with Crippen molar-refractivity contribution in [3.8, 4) is 6.07 Å². The second-order valence-electron chi connectivity index (χ2n) is 14.1. The molecule has 5 heterocycles. The number of carbonyl (C=O) groups excluding carboxylic acids is 3. The summed E-state index contributed by atoms with van der Waals surface area (Å²) < 4.78 is 59.6. The Kier molecular flexibility index (Phi) is 15.1. The summed E-state index contributed by atoms with van der Waals surface area (Å²) in [5, 5.41) is 21.9. The molecule has 24 heteroatoms. The van der Waals surface area contributed by atoms with Crippen molar-refractivity contribution in [3.05, 3.63) is 110 Å². The van der Waals surface area contributed by atoms with Gasteiger partial charge in [-0.15, -0.1) is 0 Å². The van der Waals surface area contributed by atoms with Crippen LogP contribution in [0.15, 0.2) is 81.9 Å². The minimum absolute atomic E-state index is 0.0277. The standard InChI is InChI=1S/C38H43N8O15P/c1-24-20-46(38(53)42-35(24)50)32-17-26(60-34(49)19-33(48)55-16-14-44-13-12-43(2)23-44)29(59-32)22-57-62(54,56-15-6-10-39)61-27-18-31(58-28(27)21-47)45-11-9-30(41-37(45)52)40-36(51)25-7-4-3-5-8-25/h3-5,7-9,11-13,20,23,26-29,31-32,47H,6,14-19,21-22H2,1-2H3,(H-,40,41,42,50,51,52,53)/p+1/t26-,27-,28+,29+,31+,32+,62?/m0/s1. The Bertz CT molecular complexity index is 2500. The predicted octanol–water partition coefficient (Wildman–Crippen LogP) is 0.533. The monoisotopic (exact) mass is 883 g/mol. The zero-order valence-corrected chi connectivity index (χ0v) is 34.4. The van der Waals surface area contributed by atoms with Gasteiger partial charge < -0.3 is 29.4 Å². The number of nitriles is 1. The van der Waals surface area contributed by atoms with Gasteiger partial charge in [0.15, 0.2) is 0 Å². The van der Waals surface area contributed by atoms with Gasteiger partial charge in [0.05, 0.1) is 39.4 Å². The van der Waals surface area contributed by atoms with Crippen molar-refractivity contribution >= 4 is 31.5 Å². The third kappa shape index (κ3) is 11.8. The van der Waals surface area contributed by atoms with Gasteiger partial charge in [-0.3, -0.25) is 46.9 Å². The lowest BCUT2D eigenvalue weighted by molar-refractivity contribution is -0.671. The molecule has 1 unspecified atom stereocenters. The summed E-state index contributed by atoms with van der Waals surface area (Å²) in [4.78, 5) is 82.1. The molecule has 62 heavy (non-hydrogen) atoms. The lowest BCUT2D eigenvalue weighted by Gasteiger charge is -2.25. The molecule has 2 saturated heterocycles. The van der Waals surface area contributed by atoms with E-state index in [1.165, 1.54) is 25.4 Å². The van der Waals surface area contributed by atoms with Crippen molar-refractivity contribution < 1.29 is 61.1 Å². The number of carbonyl (C=O) groups is 3. The third-order valence-electron chi connectivity index (χ3n) is 9.55. The van der Waals surface area contributed by atoms with E-state index < -0.39 is 106 Å². The largest absolute Gasteiger partial charge is 0.475 e. The molecule has 3 N–H and O–H groups in total. The van der Waals surface area contributed by atoms with Crippen LogP contribution in [-0.4, -0.2) is 97.5 Å². The number of imidazole rings is 1. The number of phosphoric ester groups is 1. The molecule has 1 amide bonds. The van der Waals surface area contributed by atoms with Crippen LogP contribution in [0.3, 0.4) is 0 Å². The molecule has 330 valence electrons. The lowest BCUT2D eigenvalue weighted by atomic mass is 10.2. The smallest absolute Gasteiger partial charge is 0.461 e. The maximum absolute atomic E-state index is 14.2. The first-order chi connectivity index (χ1) is 29.7. The quantitative estimate of drug-likeness (QED) is 0.0381. The molecule has 2 fully saturated rings. The summed E-state index contributed by atoms with van der Waals surface area (Å²) in [5.41, 5.74) is -1.78. The van der Waals surface area contributed by atoms with Crippen molar-refractivity contribution in [2.75, 3.05) is 31.7 Å². The van der Waals surface area contributed by atoms with Crippen LogP contribution in [0.5, 0.6) is 0 Å². The first-order valence-corrected chi connectivity index (χ1v) is 20.7. The summed E-state index contributed by atoms with van der Waals surface area (Å²) in [6.45, 7) is -0.0103. The van der Waals surface area contributed by atoms with E-state index in [9.17, 15) is 38.4 Å². The highest BCUT2D eigenvalue weighted by molar-refractivity contribution is 7.48. The number of aromatic nitrogens is 6. The number of hydrogen-bond donors (Lipinski definition) is 3. The Labute approximate surface area is 351 Å². The minimum atomic E-state index is -4.73. The fourth-order valence-electron chi connectivity index (χ4n) is 6.48. The van der Waals surface area contributed by atoms with Crippen LogP contribution >= 0.6 is 7.82 Å². The number of amides is 1. The molecule has 0 spiro atoms. The fourth-order valence-corrected chi connectivity index (χ4v) is 7.88. The van der Waals surface area contributed by atoms with Gasteiger partial charge in [-0.05, 0) is 25.1 Å². The zero-order valence-electron chi connectivity index (χ0n) is 33.5. The van der Waals surface area contributed by atoms with E-state index in [2.05, 4.69) is 15.3 Å². The number of phosphoric acid groups is 1. The number of aromatic amines is 1. The van der Waals surface area contributed by atoms with Crippen LogP contribution < -0.4 is 26.8 Å². The highest BCUT2D eigenvalue weighted by atomic mass is 31.2. The summed E-state index contributed by atoms with van der Waals surface area (Å²) in [6.07, 6.45) is -0.658. The predicted molar refractivity (Wildman–Crippen MR) is 209 cm³/mol. The topological polar surface area (TPSA) is 287 Å². The number of nitrogens with one attached hydrogen (secondary N) is 2. The number of anilines is 1. The summed E-state index contributed by atoms with van der Waals surface area (Å²) in [5.74, 6) is -2.41. The van der Waals surface area contributed by atoms with Crippen LogP contribution in [0.4, 0.5) is 5.82 Å². The maximum Gasteiger partial charge on any atom is 0.475 e. The minimum Gasteiger partial charge on any atom is -0.461 e. The molecular formula is C38H44N8O15P+. The number of aliphatic hydroxyl groups is 1. The first-order valence-electron chi connectivity index (χ1n) is 19.2. The van der Waals surface area contributed by atoms with E-state index in [0.717, 1.165) is 9.13 Å². The summed E-state index contributed by atoms with van der Waals surface area (Å²) >= 11 is 0. The fraction of sp³-hybridized carbons (Fsp3) is 0.447.